The number of nitro benzene ring substituents is 1. The van der Waals surface area contributed by atoms with Gasteiger partial charge in [-0.2, -0.15) is 0 Å². The first-order valence-electron chi connectivity index (χ1n) is 9.10. The molecule has 0 unspecified atom stereocenters. The molecule has 0 aliphatic carbocycles. The van der Waals surface area contributed by atoms with E-state index in [1.165, 1.54) is 26.6 Å². The number of carbonyl (C=O) groups excluding carboxylic acids is 1. The number of hydrogen-bond donors (Lipinski definition) is 1. The molecule has 1 N–H and O–H groups in total. The molecule has 3 rings (SSSR count). The summed E-state index contributed by atoms with van der Waals surface area (Å²) in [6.07, 6.45) is 1.39. The number of methoxy groups -OCH3 is 3. The molecule has 0 aliphatic rings. The van der Waals surface area contributed by atoms with E-state index in [-0.39, 0.29) is 23.6 Å². The Morgan fingerprint density at radius 3 is 2.29 bits per heavy atom. The van der Waals surface area contributed by atoms with E-state index in [4.69, 9.17) is 14.2 Å². The molecule has 1 heterocycles. The number of amides is 1. The molecule has 10 heteroatoms. The number of carbonyl (C=O) groups is 1. The number of benzene rings is 2. The van der Waals surface area contributed by atoms with Crippen LogP contribution in [-0.4, -0.2) is 42.1 Å². The van der Waals surface area contributed by atoms with Crippen LogP contribution in [0.1, 0.15) is 16.1 Å². The Morgan fingerprint density at radius 1 is 1.00 bits per heavy atom. The maximum absolute atomic E-state index is 12.7. The van der Waals surface area contributed by atoms with Crippen molar-refractivity contribution in [2.75, 3.05) is 21.3 Å². The van der Waals surface area contributed by atoms with E-state index in [0.29, 0.717) is 11.4 Å². The van der Waals surface area contributed by atoms with E-state index < -0.39 is 16.5 Å². The van der Waals surface area contributed by atoms with E-state index in [9.17, 15) is 14.9 Å². The van der Waals surface area contributed by atoms with E-state index in [1.807, 2.05) is 24.3 Å². The fourth-order valence-electron chi connectivity index (χ4n) is 2.88. The third kappa shape index (κ3) is 4.86. The lowest BCUT2D eigenvalue weighted by Crippen LogP contribution is -2.24. The molecule has 1 aromatic heterocycles. The molecule has 0 saturated heterocycles. The summed E-state index contributed by atoms with van der Waals surface area (Å²) in [7, 11) is 4.33. The number of aromatic nitrogens is 2. The molecule has 2 aromatic carbocycles. The first kappa shape index (κ1) is 21.5. The van der Waals surface area contributed by atoms with Crippen LogP contribution < -0.4 is 19.5 Å². The van der Waals surface area contributed by atoms with E-state index in [2.05, 4.69) is 15.3 Å². The van der Waals surface area contributed by atoms with E-state index in [1.54, 1.807) is 13.2 Å². The smallest absolute Gasteiger partial charge is 0.286 e. The number of rotatable bonds is 8. The summed E-state index contributed by atoms with van der Waals surface area (Å²) in [5, 5.41) is 14.1. The number of ether oxygens (including phenoxy) is 3. The second kappa shape index (κ2) is 9.53. The lowest BCUT2D eigenvalue weighted by molar-refractivity contribution is -0.385. The quantitative estimate of drug-likeness (QED) is 0.432. The zero-order valence-corrected chi connectivity index (χ0v) is 17.1. The zero-order chi connectivity index (χ0) is 22.4. The largest absolute Gasteiger partial charge is 0.497 e. The number of hydrogen-bond acceptors (Lipinski definition) is 8. The molecule has 0 radical (unpaired) electrons. The van der Waals surface area contributed by atoms with Crippen LogP contribution in [0.2, 0.25) is 0 Å². The van der Waals surface area contributed by atoms with Gasteiger partial charge in [-0.3, -0.25) is 14.9 Å². The van der Waals surface area contributed by atoms with Gasteiger partial charge in [0, 0.05) is 11.6 Å². The average Bonchev–Trinajstić information content (AvgIpc) is 2.81. The molecular weight excluding hydrogens is 404 g/mol. The first-order chi connectivity index (χ1) is 15.0. The maximum Gasteiger partial charge on any atom is 0.286 e. The molecule has 0 saturated carbocycles. The standard InChI is InChI=1S/C21H20N4O6/c1-29-15-6-4-13(5-7-15)17-8-14(23-12-24-17)11-22-21(26)16-9-19(30-2)20(31-3)10-18(16)25(27)28/h4-10,12H,11H2,1-3H3,(H,22,26). The topological polar surface area (TPSA) is 126 Å². The van der Waals surface area contributed by atoms with Crippen LogP contribution in [0.3, 0.4) is 0 Å². The average molecular weight is 424 g/mol. The van der Waals surface area contributed by atoms with Gasteiger partial charge in [0.05, 0.1) is 50.3 Å². The molecular formula is C21H20N4O6. The van der Waals surface area contributed by atoms with Gasteiger partial charge in [-0.1, -0.05) is 0 Å². The summed E-state index contributed by atoms with van der Waals surface area (Å²) < 4.78 is 15.4. The van der Waals surface area contributed by atoms with Crippen molar-refractivity contribution in [3.63, 3.8) is 0 Å². The van der Waals surface area contributed by atoms with Gasteiger partial charge >= 0.3 is 0 Å². The Hall–Kier alpha value is -4.21. The second-order valence-electron chi connectivity index (χ2n) is 6.29. The van der Waals surface area contributed by atoms with Gasteiger partial charge in [0.1, 0.15) is 17.6 Å². The molecule has 0 aliphatic heterocycles. The summed E-state index contributed by atoms with van der Waals surface area (Å²) >= 11 is 0. The van der Waals surface area contributed by atoms with Crippen LogP contribution in [0.5, 0.6) is 17.2 Å². The third-order valence-electron chi connectivity index (χ3n) is 4.48. The Labute approximate surface area is 178 Å². The fourth-order valence-corrected chi connectivity index (χ4v) is 2.88. The molecule has 31 heavy (non-hydrogen) atoms. The minimum absolute atomic E-state index is 0.0516. The Balaban J connectivity index is 1.80. The van der Waals surface area contributed by atoms with Crippen molar-refractivity contribution in [3.05, 3.63) is 70.2 Å². The van der Waals surface area contributed by atoms with Gasteiger partial charge in [0.15, 0.2) is 11.5 Å². The summed E-state index contributed by atoms with van der Waals surface area (Å²) in [4.78, 5) is 31.8. The maximum atomic E-state index is 12.7. The lowest BCUT2D eigenvalue weighted by Gasteiger charge is -2.11. The van der Waals surface area contributed by atoms with Gasteiger partial charge in [0.2, 0.25) is 0 Å². The molecule has 0 fully saturated rings. The third-order valence-corrected chi connectivity index (χ3v) is 4.48. The first-order valence-corrected chi connectivity index (χ1v) is 9.10. The molecule has 10 nitrogen and oxygen atoms in total. The van der Waals surface area contributed by atoms with Crippen LogP contribution in [0.4, 0.5) is 5.69 Å². The van der Waals surface area contributed by atoms with Crippen molar-refractivity contribution in [2.24, 2.45) is 0 Å². The minimum atomic E-state index is -0.649. The van der Waals surface area contributed by atoms with Gasteiger partial charge in [-0.25, -0.2) is 9.97 Å². The monoisotopic (exact) mass is 424 g/mol. The molecule has 3 aromatic rings. The van der Waals surface area contributed by atoms with Gasteiger partial charge in [0.25, 0.3) is 11.6 Å². The lowest BCUT2D eigenvalue weighted by atomic mass is 10.1. The van der Waals surface area contributed by atoms with Crippen LogP contribution in [0.15, 0.2) is 48.8 Å². The second-order valence-corrected chi connectivity index (χ2v) is 6.29. The zero-order valence-electron chi connectivity index (χ0n) is 17.1. The summed E-state index contributed by atoms with van der Waals surface area (Å²) in [6, 6.07) is 11.5. The van der Waals surface area contributed by atoms with Crippen LogP contribution in [0.25, 0.3) is 11.3 Å². The Bertz CT molecular complexity index is 1100. The van der Waals surface area contributed by atoms with Crippen molar-refractivity contribution < 1.29 is 23.9 Å². The number of nitrogens with one attached hydrogen (secondary N) is 1. The molecule has 160 valence electrons. The van der Waals surface area contributed by atoms with Crippen LogP contribution >= 0.6 is 0 Å². The molecule has 1 amide bonds. The molecule has 0 spiro atoms. The molecule has 0 bridgehead atoms. The fraction of sp³-hybridized carbons (Fsp3) is 0.190. The number of nitrogens with zero attached hydrogens (tertiary/aromatic N) is 3. The highest BCUT2D eigenvalue weighted by Crippen LogP contribution is 2.34. The van der Waals surface area contributed by atoms with Gasteiger partial charge in [-0.15, -0.1) is 0 Å². The Morgan fingerprint density at radius 2 is 1.68 bits per heavy atom. The van der Waals surface area contributed by atoms with Gasteiger partial charge < -0.3 is 19.5 Å². The van der Waals surface area contributed by atoms with Crippen LogP contribution in [0, 0.1) is 10.1 Å². The van der Waals surface area contributed by atoms with E-state index in [0.717, 1.165) is 17.4 Å². The SMILES string of the molecule is COc1ccc(-c2cc(CNC(=O)c3cc(OC)c(OC)cc3[N+](=O)[O-])ncn2)cc1. The van der Waals surface area contributed by atoms with Gasteiger partial charge in [-0.05, 0) is 30.3 Å². The highest BCUT2D eigenvalue weighted by atomic mass is 16.6. The number of nitro groups is 1. The minimum Gasteiger partial charge on any atom is -0.497 e. The highest BCUT2D eigenvalue weighted by Gasteiger charge is 2.24. The Kier molecular flexibility index (Phi) is 6.61. The summed E-state index contributed by atoms with van der Waals surface area (Å²) in [6.45, 7) is 0.0516. The van der Waals surface area contributed by atoms with Crippen molar-refractivity contribution >= 4 is 11.6 Å². The summed E-state index contributed by atoms with van der Waals surface area (Å²) in [5.41, 5.74) is 1.52. The van der Waals surface area contributed by atoms with Crippen molar-refractivity contribution in [1.29, 1.82) is 0 Å². The predicted molar refractivity (Wildman–Crippen MR) is 111 cm³/mol. The van der Waals surface area contributed by atoms with Crippen molar-refractivity contribution in [3.8, 4) is 28.5 Å². The van der Waals surface area contributed by atoms with Crippen molar-refractivity contribution in [2.45, 2.75) is 6.54 Å². The highest BCUT2D eigenvalue weighted by molar-refractivity contribution is 5.99. The summed E-state index contributed by atoms with van der Waals surface area (Å²) in [5.74, 6) is 0.451. The van der Waals surface area contributed by atoms with Crippen LogP contribution in [-0.2, 0) is 6.54 Å². The predicted octanol–water partition coefficient (Wildman–Crippen LogP) is 3.01. The van der Waals surface area contributed by atoms with Crippen molar-refractivity contribution in [1.82, 2.24) is 15.3 Å². The van der Waals surface area contributed by atoms with E-state index >= 15 is 0 Å². The molecule has 0 atom stereocenters. The normalized spacial score (nSPS) is 10.3.